The molecule has 1 aromatic carbocycles. The molecular weight excluding hydrogens is 389 g/mol. The number of nitrogens with one attached hydrogen (secondary N) is 4. The lowest BCUT2D eigenvalue weighted by atomic mass is 10.2. The van der Waals surface area contributed by atoms with Crippen LogP contribution in [0, 0.1) is 17.7 Å². The van der Waals surface area contributed by atoms with Crippen LogP contribution in [0.3, 0.4) is 0 Å². The fourth-order valence-electron chi connectivity index (χ4n) is 2.63. The number of carbonyl (C=O) groups is 1. The van der Waals surface area contributed by atoms with E-state index in [0.29, 0.717) is 31.2 Å². The summed E-state index contributed by atoms with van der Waals surface area (Å²) in [6, 6.07) is 10.0. The number of H-pyrrole nitrogens is 1. The quantitative estimate of drug-likeness (QED) is 0.285. The summed E-state index contributed by atoms with van der Waals surface area (Å²) in [7, 11) is 0. The molecule has 0 atom stereocenters. The molecule has 0 unspecified atom stereocenters. The van der Waals surface area contributed by atoms with Gasteiger partial charge in [0.15, 0.2) is 5.11 Å². The summed E-state index contributed by atoms with van der Waals surface area (Å²) in [6.45, 7) is 1.63. The van der Waals surface area contributed by atoms with E-state index in [4.69, 9.17) is 12.2 Å². The summed E-state index contributed by atoms with van der Waals surface area (Å²) < 4.78 is 13.4. The number of aromatic nitrogens is 2. The highest BCUT2D eigenvalue weighted by Gasteiger charge is 2.03. The van der Waals surface area contributed by atoms with Crippen LogP contribution >= 0.6 is 12.2 Å². The van der Waals surface area contributed by atoms with Crippen molar-refractivity contribution in [1.82, 2.24) is 25.9 Å². The number of hydrogen-bond donors (Lipinski definition) is 4. The Morgan fingerprint density at radius 1 is 1.14 bits per heavy atom. The topological polar surface area (TPSA) is 81.8 Å². The summed E-state index contributed by atoms with van der Waals surface area (Å²) in [5.41, 5.74) is 2.14. The van der Waals surface area contributed by atoms with Crippen molar-refractivity contribution in [1.29, 1.82) is 0 Å². The van der Waals surface area contributed by atoms with Crippen molar-refractivity contribution >= 4 is 34.3 Å². The smallest absolute Gasteiger partial charge is 0.296 e. The van der Waals surface area contributed by atoms with Crippen molar-refractivity contribution in [2.75, 3.05) is 13.1 Å². The van der Waals surface area contributed by atoms with Crippen molar-refractivity contribution in [3.05, 3.63) is 65.7 Å². The SMILES string of the molecule is O=C(C#Cc1ccccc1F)NCCCNC(=S)NCc1ccnc2[nH]ccc12. The number of pyridine rings is 1. The van der Waals surface area contributed by atoms with E-state index in [1.165, 1.54) is 12.1 Å². The van der Waals surface area contributed by atoms with Gasteiger partial charge in [0.05, 0.1) is 5.56 Å². The van der Waals surface area contributed by atoms with Crippen molar-refractivity contribution < 1.29 is 9.18 Å². The lowest BCUT2D eigenvalue weighted by Crippen LogP contribution is -2.36. The molecule has 0 radical (unpaired) electrons. The minimum Gasteiger partial charge on any atom is -0.363 e. The molecule has 0 aliphatic rings. The Balaban J connectivity index is 1.32. The number of aromatic amines is 1. The number of hydrogen-bond acceptors (Lipinski definition) is 3. The summed E-state index contributed by atoms with van der Waals surface area (Å²) >= 11 is 5.27. The van der Waals surface area contributed by atoms with E-state index in [1.807, 2.05) is 18.3 Å². The van der Waals surface area contributed by atoms with Crippen molar-refractivity contribution in [2.45, 2.75) is 13.0 Å². The predicted octanol–water partition coefficient (Wildman–Crippen LogP) is 2.22. The van der Waals surface area contributed by atoms with Gasteiger partial charge in [0.25, 0.3) is 5.91 Å². The molecule has 0 aliphatic carbocycles. The number of benzene rings is 1. The third-order valence-corrected chi connectivity index (χ3v) is 4.39. The molecule has 29 heavy (non-hydrogen) atoms. The first-order chi connectivity index (χ1) is 14.1. The Labute approximate surface area is 173 Å². The number of rotatable bonds is 6. The number of amides is 1. The molecule has 0 saturated carbocycles. The van der Waals surface area contributed by atoms with E-state index in [9.17, 15) is 9.18 Å². The number of thiocarbonyl (C=S) groups is 1. The van der Waals surface area contributed by atoms with Gasteiger partial charge in [-0.3, -0.25) is 4.79 Å². The van der Waals surface area contributed by atoms with Gasteiger partial charge in [0, 0.05) is 43.3 Å². The number of halogens is 1. The number of nitrogens with zero attached hydrogens (tertiary/aromatic N) is 1. The van der Waals surface area contributed by atoms with Gasteiger partial charge in [-0.25, -0.2) is 9.37 Å². The Morgan fingerprint density at radius 2 is 1.97 bits per heavy atom. The molecule has 0 aliphatic heterocycles. The Morgan fingerprint density at radius 3 is 2.83 bits per heavy atom. The van der Waals surface area contributed by atoms with Gasteiger partial charge in [-0.2, -0.15) is 0 Å². The standard InChI is InChI=1S/C21H20FN5OS/c22-18-5-2-1-4-15(18)6-7-19(28)23-10-3-11-26-21(29)27-14-16-8-12-24-20-17(16)9-13-25-20/h1-2,4-5,8-9,12-13H,3,10-11,14H2,(H,23,28)(H,24,25)(H2,26,27,29). The molecule has 0 saturated heterocycles. The maximum Gasteiger partial charge on any atom is 0.296 e. The summed E-state index contributed by atoms with van der Waals surface area (Å²) in [5.74, 6) is 4.02. The van der Waals surface area contributed by atoms with Gasteiger partial charge in [0.1, 0.15) is 11.5 Å². The Bertz CT molecular complexity index is 1070. The van der Waals surface area contributed by atoms with Crippen LogP contribution in [-0.4, -0.2) is 34.1 Å². The fourth-order valence-corrected chi connectivity index (χ4v) is 2.81. The molecule has 2 aromatic heterocycles. The van der Waals surface area contributed by atoms with Gasteiger partial charge in [-0.15, -0.1) is 0 Å². The molecule has 3 rings (SSSR count). The van der Waals surface area contributed by atoms with E-state index in [1.54, 1.807) is 18.3 Å². The molecule has 6 nitrogen and oxygen atoms in total. The van der Waals surface area contributed by atoms with Crippen LogP contribution in [0.25, 0.3) is 11.0 Å². The molecule has 3 aromatic rings. The van der Waals surface area contributed by atoms with E-state index in [0.717, 1.165) is 16.6 Å². The minimum atomic E-state index is -0.443. The first-order valence-electron chi connectivity index (χ1n) is 9.10. The molecule has 4 N–H and O–H groups in total. The van der Waals surface area contributed by atoms with Gasteiger partial charge < -0.3 is 20.9 Å². The van der Waals surface area contributed by atoms with E-state index in [-0.39, 0.29) is 5.56 Å². The zero-order valence-electron chi connectivity index (χ0n) is 15.6. The fraction of sp³-hybridized carbons (Fsp3) is 0.190. The summed E-state index contributed by atoms with van der Waals surface area (Å²) in [4.78, 5) is 19.0. The minimum absolute atomic E-state index is 0.201. The van der Waals surface area contributed by atoms with E-state index in [2.05, 4.69) is 37.8 Å². The lowest BCUT2D eigenvalue weighted by Gasteiger charge is -2.11. The van der Waals surface area contributed by atoms with Crippen molar-refractivity contribution in [3.8, 4) is 11.8 Å². The third kappa shape index (κ3) is 6.02. The van der Waals surface area contributed by atoms with Crippen LogP contribution in [0.2, 0.25) is 0 Å². The largest absolute Gasteiger partial charge is 0.363 e. The maximum atomic E-state index is 13.4. The van der Waals surface area contributed by atoms with E-state index >= 15 is 0 Å². The van der Waals surface area contributed by atoms with Crippen LogP contribution in [0.4, 0.5) is 4.39 Å². The van der Waals surface area contributed by atoms with Gasteiger partial charge in [-0.1, -0.05) is 18.1 Å². The molecule has 0 bridgehead atoms. The number of fused-ring (bicyclic) bond motifs is 1. The average molecular weight is 409 g/mol. The zero-order chi connectivity index (χ0) is 20.5. The second kappa shape index (κ2) is 10.2. The Hall–Kier alpha value is -3.44. The van der Waals surface area contributed by atoms with Gasteiger partial charge >= 0.3 is 0 Å². The Kier molecular flexibility index (Phi) is 7.14. The van der Waals surface area contributed by atoms with Crippen LogP contribution in [0.15, 0.2) is 48.8 Å². The van der Waals surface area contributed by atoms with Crippen LogP contribution in [0.1, 0.15) is 17.5 Å². The normalized spacial score (nSPS) is 10.1. The summed E-state index contributed by atoms with van der Waals surface area (Å²) in [6.07, 6.45) is 4.28. The van der Waals surface area contributed by atoms with Gasteiger partial charge in [0.2, 0.25) is 0 Å². The number of carbonyl (C=O) groups excluding carboxylic acids is 1. The first-order valence-corrected chi connectivity index (χ1v) is 9.51. The highest BCUT2D eigenvalue weighted by molar-refractivity contribution is 7.80. The molecule has 2 heterocycles. The zero-order valence-corrected chi connectivity index (χ0v) is 16.4. The summed E-state index contributed by atoms with van der Waals surface area (Å²) in [5, 5.41) is 10.5. The van der Waals surface area contributed by atoms with Gasteiger partial charge in [-0.05, 0) is 48.5 Å². The van der Waals surface area contributed by atoms with Crippen LogP contribution in [-0.2, 0) is 11.3 Å². The third-order valence-electron chi connectivity index (χ3n) is 4.10. The predicted molar refractivity (Wildman–Crippen MR) is 114 cm³/mol. The molecular formula is C21H20FN5OS. The monoisotopic (exact) mass is 409 g/mol. The molecule has 1 amide bonds. The van der Waals surface area contributed by atoms with Crippen molar-refractivity contribution in [3.63, 3.8) is 0 Å². The van der Waals surface area contributed by atoms with Crippen LogP contribution in [0.5, 0.6) is 0 Å². The molecule has 148 valence electrons. The molecule has 8 heteroatoms. The van der Waals surface area contributed by atoms with E-state index < -0.39 is 11.7 Å². The first kappa shape index (κ1) is 20.3. The average Bonchev–Trinajstić information content (AvgIpc) is 3.21. The maximum absolute atomic E-state index is 13.4. The molecule has 0 fully saturated rings. The lowest BCUT2D eigenvalue weighted by molar-refractivity contribution is -0.115. The highest BCUT2D eigenvalue weighted by atomic mass is 32.1. The molecule has 0 spiro atoms. The second-order valence-corrected chi connectivity index (χ2v) is 6.57. The van der Waals surface area contributed by atoms with Crippen molar-refractivity contribution in [2.24, 2.45) is 0 Å². The highest BCUT2D eigenvalue weighted by Crippen LogP contribution is 2.14. The second-order valence-electron chi connectivity index (χ2n) is 6.16. The van der Waals surface area contributed by atoms with Crippen LogP contribution < -0.4 is 16.0 Å².